The third-order valence-corrected chi connectivity index (χ3v) is 7.50. The number of pyridine rings is 1. The second-order valence-corrected chi connectivity index (χ2v) is 9.71. The first-order chi connectivity index (χ1) is 17.2. The first-order valence-electron chi connectivity index (χ1n) is 11.4. The number of hydrogen-bond acceptors (Lipinski definition) is 6. The standard InChI is InChI=1S/C27H25ClN6S/c28-22-15-31-13-12-21(22)27(18-2-1-3-18)26(20-9-10-24-23(14-20)32-16-35-24)19-7-4-17(5-8-19)6-11-25(33-29)34-30/h4-16,18H,1-3,29-30H2,(H,33,34)/b11-6+,27-26+. The van der Waals surface area contributed by atoms with Gasteiger partial charge in [-0.2, -0.15) is 5.10 Å². The third-order valence-electron chi connectivity index (χ3n) is 6.38. The lowest BCUT2D eigenvalue weighted by molar-refractivity contribution is 0.401. The molecule has 0 radical (unpaired) electrons. The molecule has 6 nitrogen and oxygen atoms in total. The van der Waals surface area contributed by atoms with Crippen molar-refractivity contribution in [1.29, 1.82) is 0 Å². The molecule has 0 amide bonds. The van der Waals surface area contributed by atoms with Crippen LogP contribution in [0.1, 0.15) is 41.5 Å². The van der Waals surface area contributed by atoms with Crippen LogP contribution in [0.25, 0.3) is 27.4 Å². The first-order valence-corrected chi connectivity index (χ1v) is 12.6. The van der Waals surface area contributed by atoms with Crippen LogP contribution in [0.15, 0.2) is 77.6 Å². The fourth-order valence-corrected chi connectivity index (χ4v) is 5.28. The van der Waals surface area contributed by atoms with Crippen molar-refractivity contribution >= 4 is 56.2 Å². The third kappa shape index (κ3) is 4.84. The van der Waals surface area contributed by atoms with Crippen LogP contribution in [0.4, 0.5) is 0 Å². The van der Waals surface area contributed by atoms with Gasteiger partial charge in [-0.3, -0.25) is 4.98 Å². The molecule has 0 bridgehead atoms. The van der Waals surface area contributed by atoms with Crippen molar-refractivity contribution in [3.05, 3.63) is 99.8 Å². The molecule has 176 valence electrons. The molecule has 0 spiro atoms. The van der Waals surface area contributed by atoms with E-state index in [1.807, 2.05) is 23.8 Å². The Bertz CT molecular complexity index is 1430. The van der Waals surface area contributed by atoms with Gasteiger partial charge in [-0.15, -0.1) is 11.3 Å². The van der Waals surface area contributed by atoms with Crippen LogP contribution in [0.2, 0.25) is 5.02 Å². The van der Waals surface area contributed by atoms with E-state index < -0.39 is 0 Å². The predicted molar refractivity (Wildman–Crippen MR) is 147 cm³/mol. The predicted octanol–water partition coefficient (Wildman–Crippen LogP) is 5.85. The maximum atomic E-state index is 6.71. The summed E-state index contributed by atoms with van der Waals surface area (Å²) in [6.07, 6.45) is 10.7. The van der Waals surface area contributed by atoms with E-state index in [-0.39, 0.29) is 0 Å². The topological polar surface area (TPSA) is 102 Å². The van der Waals surface area contributed by atoms with Crippen LogP contribution in [-0.2, 0) is 0 Å². The molecule has 2 aromatic carbocycles. The normalized spacial score (nSPS) is 15.3. The average molecular weight is 501 g/mol. The monoisotopic (exact) mass is 500 g/mol. The first kappa shape index (κ1) is 23.2. The summed E-state index contributed by atoms with van der Waals surface area (Å²) in [5.41, 5.74) is 12.1. The average Bonchev–Trinajstić information content (AvgIpc) is 3.32. The number of hydrogen-bond donors (Lipinski definition) is 3. The number of hydrazine groups is 1. The Morgan fingerprint density at radius 2 is 1.91 bits per heavy atom. The number of hydrazone groups is 1. The van der Waals surface area contributed by atoms with E-state index in [0.29, 0.717) is 16.8 Å². The van der Waals surface area contributed by atoms with Gasteiger partial charge in [0.2, 0.25) is 0 Å². The highest BCUT2D eigenvalue weighted by Crippen LogP contribution is 2.46. The van der Waals surface area contributed by atoms with Gasteiger partial charge in [0.25, 0.3) is 0 Å². The highest BCUT2D eigenvalue weighted by molar-refractivity contribution is 7.16. The van der Waals surface area contributed by atoms with Crippen molar-refractivity contribution in [3.8, 4) is 0 Å². The Morgan fingerprint density at radius 3 is 2.60 bits per heavy atom. The van der Waals surface area contributed by atoms with Crippen LogP contribution in [0.5, 0.6) is 0 Å². The van der Waals surface area contributed by atoms with E-state index in [1.165, 1.54) is 22.3 Å². The van der Waals surface area contributed by atoms with Crippen LogP contribution >= 0.6 is 22.9 Å². The zero-order chi connectivity index (χ0) is 24.2. The Balaban J connectivity index is 1.69. The molecule has 2 aromatic heterocycles. The summed E-state index contributed by atoms with van der Waals surface area (Å²) in [5.74, 6) is 11.6. The van der Waals surface area contributed by atoms with Crippen molar-refractivity contribution in [2.24, 2.45) is 22.7 Å². The number of nitrogens with two attached hydrogens (primary N) is 2. The van der Waals surface area contributed by atoms with Gasteiger partial charge in [0.15, 0.2) is 5.84 Å². The fraction of sp³-hybridized carbons (Fsp3) is 0.148. The van der Waals surface area contributed by atoms with E-state index in [2.05, 4.69) is 63.0 Å². The number of nitrogens with zero attached hydrogens (tertiary/aromatic N) is 3. The molecule has 0 aliphatic heterocycles. The summed E-state index contributed by atoms with van der Waals surface area (Å²) in [6, 6.07) is 17.0. The molecule has 2 heterocycles. The molecule has 4 aromatic rings. The number of fused-ring (bicyclic) bond motifs is 1. The Kier molecular flexibility index (Phi) is 6.90. The van der Waals surface area contributed by atoms with Crippen molar-refractivity contribution in [1.82, 2.24) is 15.4 Å². The fourth-order valence-electron chi connectivity index (χ4n) is 4.40. The SMILES string of the molecule is N/N=C(/C=C/c1ccc(/C(=C(\c2ccncc2Cl)C2CCC2)c2ccc3scnc3c2)cc1)NN. The second kappa shape index (κ2) is 10.4. The number of rotatable bonds is 6. The summed E-state index contributed by atoms with van der Waals surface area (Å²) >= 11 is 8.36. The highest BCUT2D eigenvalue weighted by Gasteiger charge is 2.28. The molecule has 0 saturated heterocycles. The number of amidine groups is 1. The number of benzene rings is 2. The van der Waals surface area contributed by atoms with Gasteiger partial charge < -0.3 is 11.3 Å². The minimum Gasteiger partial charge on any atom is -0.321 e. The Labute approximate surface area is 213 Å². The molecule has 0 atom stereocenters. The molecule has 5 rings (SSSR count). The number of halogens is 1. The molecule has 1 saturated carbocycles. The summed E-state index contributed by atoms with van der Waals surface area (Å²) < 4.78 is 1.17. The zero-order valence-corrected chi connectivity index (χ0v) is 20.6. The summed E-state index contributed by atoms with van der Waals surface area (Å²) in [4.78, 5) is 8.79. The molecular formula is C27H25ClN6S. The quantitative estimate of drug-likeness (QED) is 0.133. The van der Waals surface area contributed by atoms with Gasteiger partial charge >= 0.3 is 0 Å². The van der Waals surface area contributed by atoms with E-state index >= 15 is 0 Å². The Morgan fingerprint density at radius 1 is 1.11 bits per heavy atom. The van der Waals surface area contributed by atoms with Crippen LogP contribution in [0.3, 0.4) is 0 Å². The maximum Gasteiger partial charge on any atom is 0.159 e. The van der Waals surface area contributed by atoms with Gasteiger partial charge in [-0.05, 0) is 70.9 Å². The van der Waals surface area contributed by atoms with Crippen LogP contribution in [-0.4, -0.2) is 15.8 Å². The van der Waals surface area contributed by atoms with Crippen LogP contribution < -0.4 is 17.1 Å². The number of aromatic nitrogens is 2. The van der Waals surface area contributed by atoms with E-state index in [4.69, 9.17) is 23.3 Å². The lowest BCUT2D eigenvalue weighted by Gasteiger charge is -2.32. The van der Waals surface area contributed by atoms with E-state index in [1.54, 1.807) is 23.6 Å². The van der Waals surface area contributed by atoms with Crippen molar-refractivity contribution in [2.45, 2.75) is 19.3 Å². The summed E-state index contributed by atoms with van der Waals surface area (Å²) in [6.45, 7) is 0. The lowest BCUT2D eigenvalue weighted by atomic mass is 9.73. The van der Waals surface area contributed by atoms with Crippen molar-refractivity contribution in [3.63, 3.8) is 0 Å². The van der Waals surface area contributed by atoms with Gasteiger partial charge in [-0.25, -0.2) is 10.8 Å². The molecule has 8 heteroatoms. The van der Waals surface area contributed by atoms with Crippen LogP contribution in [0, 0.1) is 5.92 Å². The van der Waals surface area contributed by atoms with E-state index in [9.17, 15) is 0 Å². The van der Waals surface area contributed by atoms with E-state index in [0.717, 1.165) is 40.6 Å². The smallest absolute Gasteiger partial charge is 0.159 e. The molecule has 1 fully saturated rings. The molecule has 1 aliphatic carbocycles. The lowest BCUT2D eigenvalue weighted by Crippen LogP contribution is -2.29. The number of thiazole rings is 1. The minimum atomic E-state index is 0.394. The highest BCUT2D eigenvalue weighted by atomic mass is 35.5. The van der Waals surface area contributed by atoms with Gasteiger partial charge in [0, 0.05) is 18.0 Å². The van der Waals surface area contributed by atoms with Crippen molar-refractivity contribution < 1.29 is 0 Å². The molecule has 35 heavy (non-hydrogen) atoms. The molecule has 0 unspecified atom stereocenters. The van der Waals surface area contributed by atoms with Gasteiger partial charge in [0.05, 0.1) is 20.7 Å². The molecule has 1 aliphatic rings. The number of allylic oxidation sites excluding steroid dienone is 1. The van der Waals surface area contributed by atoms with Gasteiger partial charge in [0.1, 0.15) is 0 Å². The number of nitrogens with one attached hydrogen (secondary N) is 1. The maximum absolute atomic E-state index is 6.71. The summed E-state index contributed by atoms with van der Waals surface area (Å²) in [7, 11) is 0. The van der Waals surface area contributed by atoms with Crippen molar-refractivity contribution in [2.75, 3.05) is 0 Å². The zero-order valence-electron chi connectivity index (χ0n) is 19.0. The summed E-state index contributed by atoms with van der Waals surface area (Å²) in [5, 5.41) is 4.26. The Hall–Kier alpha value is -3.52. The largest absolute Gasteiger partial charge is 0.321 e. The van der Waals surface area contributed by atoms with Gasteiger partial charge in [-0.1, -0.05) is 54.4 Å². The molecule has 5 N–H and O–H groups in total. The molecular weight excluding hydrogens is 476 g/mol. The second-order valence-electron chi connectivity index (χ2n) is 8.42. The minimum absolute atomic E-state index is 0.394.